The van der Waals surface area contributed by atoms with Crippen molar-refractivity contribution >= 4 is 0 Å². The third kappa shape index (κ3) is 1.97. The lowest BCUT2D eigenvalue weighted by molar-refractivity contribution is 0.448. The molecule has 0 aromatic heterocycles. The van der Waals surface area contributed by atoms with Crippen molar-refractivity contribution in [2.24, 2.45) is 0 Å². The van der Waals surface area contributed by atoms with Gasteiger partial charge in [-0.05, 0) is 36.8 Å². The van der Waals surface area contributed by atoms with Crippen LogP contribution in [0, 0.1) is 6.92 Å². The zero-order valence-electron chi connectivity index (χ0n) is 9.18. The molecule has 4 N–H and O–H groups in total. The minimum Gasteiger partial charge on any atom is -0.508 e. The van der Waals surface area contributed by atoms with Crippen LogP contribution in [0.25, 0.3) is 11.1 Å². The molecule has 0 saturated carbocycles. The van der Waals surface area contributed by atoms with Crippen LogP contribution in [0.5, 0.6) is 23.0 Å². The zero-order chi connectivity index (χ0) is 12.6. The Bertz CT molecular complexity index is 553. The number of aryl methyl sites for hydroxylation is 1. The Morgan fingerprint density at radius 3 is 2.12 bits per heavy atom. The molecule has 0 heterocycles. The van der Waals surface area contributed by atoms with Crippen LogP contribution in [0.3, 0.4) is 0 Å². The molecule has 0 amide bonds. The predicted octanol–water partition coefficient (Wildman–Crippen LogP) is 2.48. The molecule has 0 spiro atoms. The standard InChI is InChI=1S/C13H12O4/c1-7-4-9(15)6-12(17)13(7)10-5-8(14)2-3-11(10)16/h2-6,14-17H,1H3. The van der Waals surface area contributed by atoms with Crippen LogP contribution in [0.2, 0.25) is 0 Å². The van der Waals surface area contributed by atoms with Gasteiger partial charge in [-0.25, -0.2) is 0 Å². The Labute approximate surface area is 98.0 Å². The topological polar surface area (TPSA) is 80.9 Å². The highest BCUT2D eigenvalue weighted by molar-refractivity contribution is 5.79. The van der Waals surface area contributed by atoms with E-state index in [1.807, 2.05) is 0 Å². The van der Waals surface area contributed by atoms with Crippen LogP contribution in [0.15, 0.2) is 30.3 Å². The molecule has 0 unspecified atom stereocenters. The van der Waals surface area contributed by atoms with Gasteiger partial charge in [0.2, 0.25) is 0 Å². The molecule has 0 atom stereocenters. The smallest absolute Gasteiger partial charge is 0.127 e. The molecule has 0 aliphatic heterocycles. The van der Waals surface area contributed by atoms with E-state index in [1.165, 1.54) is 30.3 Å². The monoisotopic (exact) mass is 232 g/mol. The van der Waals surface area contributed by atoms with Gasteiger partial charge in [0, 0.05) is 17.2 Å². The first-order valence-corrected chi connectivity index (χ1v) is 5.04. The van der Waals surface area contributed by atoms with E-state index < -0.39 is 0 Å². The van der Waals surface area contributed by atoms with Crippen LogP contribution in [-0.2, 0) is 0 Å². The largest absolute Gasteiger partial charge is 0.508 e. The fourth-order valence-electron chi connectivity index (χ4n) is 1.82. The summed E-state index contributed by atoms with van der Waals surface area (Å²) in [5, 5.41) is 38.2. The van der Waals surface area contributed by atoms with Gasteiger partial charge >= 0.3 is 0 Å². The van der Waals surface area contributed by atoms with Crippen molar-refractivity contribution in [3.05, 3.63) is 35.9 Å². The maximum atomic E-state index is 9.79. The molecule has 2 aromatic rings. The SMILES string of the molecule is Cc1cc(O)cc(O)c1-c1cc(O)ccc1O. The quantitative estimate of drug-likeness (QED) is 0.569. The van der Waals surface area contributed by atoms with Gasteiger partial charge in [0.1, 0.15) is 23.0 Å². The zero-order valence-corrected chi connectivity index (χ0v) is 9.18. The third-order valence-electron chi connectivity index (χ3n) is 2.55. The Morgan fingerprint density at radius 1 is 0.765 bits per heavy atom. The fraction of sp³-hybridized carbons (Fsp3) is 0.0769. The molecule has 4 nitrogen and oxygen atoms in total. The average molecular weight is 232 g/mol. The van der Waals surface area contributed by atoms with Gasteiger partial charge < -0.3 is 20.4 Å². The first-order chi connectivity index (χ1) is 7.99. The summed E-state index contributed by atoms with van der Waals surface area (Å²) in [5.74, 6) is -0.261. The van der Waals surface area contributed by atoms with Crippen molar-refractivity contribution in [3.63, 3.8) is 0 Å². The van der Waals surface area contributed by atoms with Gasteiger partial charge in [-0.2, -0.15) is 0 Å². The second-order valence-electron chi connectivity index (χ2n) is 3.86. The fourth-order valence-corrected chi connectivity index (χ4v) is 1.82. The first-order valence-electron chi connectivity index (χ1n) is 5.04. The number of aromatic hydroxyl groups is 4. The third-order valence-corrected chi connectivity index (χ3v) is 2.55. The van der Waals surface area contributed by atoms with Crippen LogP contribution >= 0.6 is 0 Å². The molecular formula is C13H12O4. The number of phenols is 4. The maximum absolute atomic E-state index is 9.79. The molecule has 0 saturated heterocycles. The molecule has 2 rings (SSSR count). The van der Waals surface area contributed by atoms with E-state index in [0.717, 1.165) is 0 Å². The van der Waals surface area contributed by atoms with Crippen LogP contribution in [0.1, 0.15) is 5.56 Å². The number of phenolic OH excluding ortho intramolecular Hbond substituents is 4. The molecule has 0 radical (unpaired) electrons. The number of hydrogen-bond acceptors (Lipinski definition) is 4. The number of benzene rings is 2. The number of rotatable bonds is 1. The molecule has 17 heavy (non-hydrogen) atoms. The Balaban J connectivity index is 2.72. The normalized spacial score (nSPS) is 10.4. The lowest BCUT2D eigenvalue weighted by atomic mass is 9.98. The Morgan fingerprint density at radius 2 is 1.47 bits per heavy atom. The molecule has 0 fully saturated rings. The summed E-state index contributed by atoms with van der Waals surface area (Å²) in [6.07, 6.45) is 0. The molecule has 0 bridgehead atoms. The van der Waals surface area contributed by atoms with Crippen LogP contribution in [0.4, 0.5) is 0 Å². The van der Waals surface area contributed by atoms with Crippen molar-refractivity contribution in [3.8, 4) is 34.1 Å². The van der Waals surface area contributed by atoms with Gasteiger partial charge in [0.05, 0.1) is 0 Å². The highest BCUT2D eigenvalue weighted by atomic mass is 16.3. The molecule has 88 valence electrons. The van der Waals surface area contributed by atoms with E-state index in [9.17, 15) is 20.4 Å². The first kappa shape index (κ1) is 11.1. The summed E-state index contributed by atoms with van der Waals surface area (Å²) in [7, 11) is 0. The second-order valence-corrected chi connectivity index (χ2v) is 3.86. The molecule has 0 aliphatic carbocycles. The summed E-state index contributed by atoms with van der Waals surface area (Å²) in [6, 6.07) is 6.71. The lowest BCUT2D eigenvalue weighted by Crippen LogP contribution is -1.85. The Kier molecular flexibility index (Phi) is 2.55. The molecule has 4 heteroatoms. The average Bonchev–Trinajstić information content (AvgIpc) is 2.21. The van der Waals surface area contributed by atoms with Gasteiger partial charge in [0.15, 0.2) is 0 Å². The van der Waals surface area contributed by atoms with Gasteiger partial charge in [-0.1, -0.05) is 0 Å². The van der Waals surface area contributed by atoms with E-state index >= 15 is 0 Å². The molecular weight excluding hydrogens is 220 g/mol. The summed E-state index contributed by atoms with van der Waals surface area (Å²) in [5.41, 5.74) is 1.31. The summed E-state index contributed by atoms with van der Waals surface area (Å²) in [4.78, 5) is 0. The second kappa shape index (κ2) is 3.90. The lowest BCUT2D eigenvalue weighted by Gasteiger charge is -2.11. The van der Waals surface area contributed by atoms with Crippen LogP contribution in [-0.4, -0.2) is 20.4 Å². The van der Waals surface area contributed by atoms with Crippen LogP contribution < -0.4 is 0 Å². The van der Waals surface area contributed by atoms with E-state index in [2.05, 4.69) is 0 Å². The van der Waals surface area contributed by atoms with Crippen molar-refractivity contribution in [1.82, 2.24) is 0 Å². The van der Waals surface area contributed by atoms with E-state index in [-0.39, 0.29) is 23.0 Å². The Hall–Kier alpha value is -2.36. The minimum absolute atomic E-state index is 0.00956. The van der Waals surface area contributed by atoms with Crippen molar-refractivity contribution in [2.75, 3.05) is 0 Å². The van der Waals surface area contributed by atoms with Crippen molar-refractivity contribution in [1.29, 1.82) is 0 Å². The summed E-state index contributed by atoms with van der Waals surface area (Å²) >= 11 is 0. The summed E-state index contributed by atoms with van der Waals surface area (Å²) in [6.45, 7) is 1.69. The number of hydrogen-bond donors (Lipinski definition) is 4. The molecule has 0 aliphatic rings. The molecule has 2 aromatic carbocycles. The minimum atomic E-state index is -0.150. The summed E-state index contributed by atoms with van der Waals surface area (Å²) < 4.78 is 0. The van der Waals surface area contributed by atoms with E-state index in [1.54, 1.807) is 6.92 Å². The van der Waals surface area contributed by atoms with Gasteiger partial charge in [-0.3, -0.25) is 0 Å². The van der Waals surface area contributed by atoms with Crippen molar-refractivity contribution in [2.45, 2.75) is 6.92 Å². The predicted molar refractivity (Wildman–Crippen MR) is 63.3 cm³/mol. The maximum Gasteiger partial charge on any atom is 0.127 e. The van der Waals surface area contributed by atoms with Crippen molar-refractivity contribution < 1.29 is 20.4 Å². The van der Waals surface area contributed by atoms with Gasteiger partial charge in [-0.15, -0.1) is 0 Å². The highest BCUT2D eigenvalue weighted by Gasteiger charge is 2.13. The van der Waals surface area contributed by atoms with Gasteiger partial charge in [0.25, 0.3) is 0 Å². The highest BCUT2D eigenvalue weighted by Crippen LogP contribution is 2.41. The van der Waals surface area contributed by atoms with E-state index in [0.29, 0.717) is 16.7 Å². The van der Waals surface area contributed by atoms with E-state index in [4.69, 9.17) is 0 Å².